The summed E-state index contributed by atoms with van der Waals surface area (Å²) < 4.78 is 13.7. The zero-order valence-corrected chi connectivity index (χ0v) is 34.7. The highest BCUT2D eigenvalue weighted by molar-refractivity contribution is 6.29. The second kappa shape index (κ2) is 13.6. The molecule has 4 nitrogen and oxygen atoms in total. The summed E-state index contributed by atoms with van der Waals surface area (Å²) in [4.78, 5) is 4.68. The predicted molar refractivity (Wildman–Crippen MR) is 254 cm³/mol. The van der Waals surface area contributed by atoms with Gasteiger partial charge in [-0.1, -0.05) is 60.7 Å². The van der Waals surface area contributed by atoms with E-state index >= 15 is 0 Å². The molecule has 9 aromatic carbocycles. The van der Waals surface area contributed by atoms with Gasteiger partial charge in [0.25, 0.3) is 0 Å². The lowest BCUT2D eigenvalue weighted by atomic mass is 9.96. The first kappa shape index (κ1) is 35.8. The van der Waals surface area contributed by atoms with Crippen LogP contribution in [0.25, 0.3) is 65.4 Å². The fraction of sp³-hybridized carbons (Fsp3) is 0.107. The van der Waals surface area contributed by atoms with Crippen LogP contribution in [0.2, 0.25) is 0 Å². The van der Waals surface area contributed by atoms with E-state index in [0.29, 0.717) is 0 Å². The van der Waals surface area contributed by atoms with E-state index in [-0.39, 0.29) is 0 Å². The number of nitrogens with zero attached hydrogens (tertiary/aromatic N) is 2. The van der Waals surface area contributed by atoms with Crippen LogP contribution in [-0.4, -0.2) is 0 Å². The first-order valence-electron chi connectivity index (χ1n) is 20.7. The first-order valence-corrected chi connectivity index (χ1v) is 20.7. The normalized spacial score (nSPS) is 11.8. The molecule has 4 heteroatoms. The molecule has 0 aliphatic carbocycles. The Hall–Kier alpha value is -7.30. The van der Waals surface area contributed by atoms with Crippen LogP contribution < -0.4 is 9.80 Å². The Bertz CT molecular complexity index is 3210. The monoisotopic (exact) mass is 776 g/mol. The van der Waals surface area contributed by atoms with Crippen LogP contribution in [0.3, 0.4) is 0 Å². The lowest BCUT2D eigenvalue weighted by molar-refractivity contribution is 0.657. The highest BCUT2D eigenvalue weighted by Gasteiger charge is 2.23. The molecule has 11 aromatic rings. The zero-order valence-electron chi connectivity index (χ0n) is 34.7. The molecule has 0 aliphatic heterocycles. The van der Waals surface area contributed by atoms with E-state index < -0.39 is 0 Å². The summed E-state index contributed by atoms with van der Waals surface area (Å²) >= 11 is 0. The number of furan rings is 2. The lowest BCUT2D eigenvalue weighted by Crippen LogP contribution is -2.10. The molecule has 11 rings (SSSR count). The fourth-order valence-corrected chi connectivity index (χ4v) is 9.26. The van der Waals surface area contributed by atoms with Crippen LogP contribution in [0.15, 0.2) is 167 Å². The van der Waals surface area contributed by atoms with Gasteiger partial charge in [0.05, 0.1) is 0 Å². The summed E-state index contributed by atoms with van der Waals surface area (Å²) in [7, 11) is 0. The Morgan fingerprint density at radius 1 is 0.317 bits per heavy atom. The average Bonchev–Trinajstić information content (AvgIpc) is 3.79. The number of hydrogen-bond acceptors (Lipinski definition) is 4. The van der Waals surface area contributed by atoms with Gasteiger partial charge in [0.1, 0.15) is 22.3 Å². The summed E-state index contributed by atoms with van der Waals surface area (Å²) in [6, 6.07) is 57.4. The van der Waals surface area contributed by atoms with Crippen LogP contribution in [0.4, 0.5) is 34.1 Å². The number of aryl methyl sites for hydroxylation is 6. The first-order chi connectivity index (χ1) is 29.2. The highest BCUT2D eigenvalue weighted by Crippen LogP contribution is 2.46. The van der Waals surface area contributed by atoms with Gasteiger partial charge < -0.3 is 18.6 Å². The zero-order chi connectivity index (χ0) is 40.8. The molecule has 0 saturated heterocycles. The molecular formula is C56H44N2O2. The molecule has 0 atom stereocenters. The van der Waals surface area contributed by atoms with Gasteiger partial charge in [0.15, 0.2) is 0 Å². The van der Waals surface area contributed by atoms with E-state index in [1.165, 1.54) is 22.3 Å². The van der Waals surface area contributed by atoms with Crippen molar-refractivity contribution in [3.63, 3.8) is 0 Å². The van der Waals surface area contributed by atoms with Gasteiger partial charge in [0, 0.05) is 55.7 Å². The summed E-state index contributed by atoms with van der Waals surface area (Å²) in [6.45, 7) is 12.9. The van der Waals surface area contributed by atoms with Crippen molar-refractivity contribution < 1.29 is 8.83 Å². The van der Waals surface area contributed by atoms with E-state index in [1.807, 2.05) is 0 Å². The minimum Gasteiger partial charge on any atom is -0.456 e. The number of rotatable bonds is 6. The SMILES string of the molecule is Cc1cccc(N(c2cccc(C)c2)c2ccc3cc4c(cc3c2)oc2c(C)c(C)c3oc5cc6cc(N(c7cccc(C)c7)c7cccc(C)c7)ccc6cc5c3c24)c1. The maximum atomic E-state index is 6.87. The van der Waals surface area contributed by atoms with Crippen molar-refractivity contribution in [2.45, 2.75) is 41.5 Å². The molecule has 0 bridgehead atoms. The van der Waals surface area contributed by atoms with Crippen molar-refractivity contribution in [3.05, 3.63) is 191 Å². The van der Waals surface area contributed by atoms with Gasteiger partial charge in [-0.15, -0.1) is 0 Å². The second-order valence-corrected chi connectivity index (χ2v) is 16.6. The minimum atomic E-state index is 0.870. The topological polar surface area (TPSA) is 32.8 Å². The van der Waals surface area contributed by atoms with Crippen LogP contribution in [0, 0.1) is 41.5 Å². The summed E-state index contributed by atoms with van der Waals surface area (Å²) in [5.41, 5.74) is 17.4. The largest absolute Gasteiger partial charge is 0.456 e. The summed E-state index contributed by atoms with van der Waals surface area (Å²) in [6.07, 6.45) is 0. The third-order valence-corrected chi connectivity index (χ3v) is 12.3. The molecule has 0 saturated carbocycles. The maximum Gasteiger partial charge on any atom is 0.139 e. The van der Waals surface area contributed by atoms with Crippen LogP contribution in [0.1, 0.15) is 33.4 Å². The third-order valence-electron chi connectivity index (χ3n) is 12.3. The van der Waals surface area contributed by atoms with Crippen molar-refractivity contribution in [2.24, 2.45) is 0 Å². The van der Waals surface area contributed by atoms with Gasteiger partial charge in [-0.3, -0.25) is 0 Å². The molecule has 60 heavy (non-hydrogen) atoms. The average molecular weight is 777 g/mol. The van der Waals surface area contributed by atoms with Crippen molar-refractivity contribution in [2.75, 3.05) is 9.80 Å². The molecule has 0 aliphatic rings. The fourth-order valence-electron chi connectivity index (χ4n) is 9.26. The molecule has 0 spiro atoms. The highest BCUT2D eigenvalue weighted by atomic mass is 16.3. The maximum absolute atomic E-state index is 6.87. The number of fused-ring (bicyclic) bond motifs is 9. The predicted octanol–water partition coefficient (Wildman–Crippen LogP) is 16.6. The lowest BCUT2D eigenvalue weighted by Gasteiger charge is -2.26. The summed E-state index contributed by atoms with van der Waals surface area (Å²) in [5.74, 6) is 0. The molecule has 0 amide bonds. The third kappa shape index (κ3) is 5.82. The van der Waals surface area contributed by atoms with Crippen LogP contribution in [0.5, 0.6) is 0 Å². The van der Waals surface area contributed by atoms with Gasteiger partial charge in [-0.25, -0.2) is 0 Å². The smallest absolute Gasteiger partial charge is 0.139 e. The number of hydrogen-bond donors (Lipinski definition) is 0. The van der Waals surface area contributed by atoms with Crippen molar-refractivity contribution >= 4 is 99.5 Å². The Morgan fingerprint density at radius 2 is 0.650 bits per heavy atom. The number of anilines is 6. The molecule has 0 fully saturated rings. The molecule has 2 heterocycles. The molecule has 0 unspecified atom stereocenters. The molecule has 0 N–H and O–H groups in total. The van der Waals surface area contributed by atoms with Crippen LogP contribution >= 0.6 is 0 Å². The van der Waals surface area contributed by atoms with Crippen molar-refractivity contribution in [1.29, 1.82) is 0 Å². The van der Waals surface area contributed by atoms with Gasteiger partial charge in [-0.2, -0.15) is 0 Å². The number of benzene rings is 9. The second-order valence-electron chi connectivity index (χ2n) is 16.6. The molecular weight excluding hydrogens is 733 g/mol. The van der Waals surface area contributed by atoms with Crippen molar-refractivity contribution in [1.82, 2.24) is 0 Å². The minimum absolute atomic E-state index is 0.870. The van der Waals surface area contributed by atoms with E-state index in [4.69, 9.17) is 8.83 Å². The van der Waals surface area contributed by atoms with E-state index in [1.54, 1.807) is 0 Å². The van der Waals surface area contributed by atoms with Crippen LogP contribution in [-0.2, 0) is 0 Å². The Kier molecular flexibility index (Phi) is 8.15. The van der Waals surface area contributed by atoms with Gasteiger partial charge in [-0.05, 0) is 194 Å². The van der Waals surface area contributed by atoms with Gasteiger partial charge >= 0.3 is 0 Å². The Morgan fingerprint density at radius 3 is 0.983 bits per heavy atom. The molecule has 0 radical (unpaired) electrons. The Labute approximate surface area is 349 Å². The standard InChI is InChI=1S/C56H44N2O2/c1-33-11-7-15-43(23-33)57(44-16-8-12-34(2)24-44)47-21-19-39-29-49-51(31-41(39)27-47)59-55-37(5)38(6)56-54(53(49)55)50-30-40-20-22-48(28-42(40)32-52(50)60-56)58(45-17-9-13-35(3)25-45)46-18-10-14-36(4)26-46/h7-32H,1-6H3. The Balaban J connectivity index is 1.08. The quantitative estimate of drug-likeness (QED) is 0.168. The van der Waals surface area contributed by atoms with E-state index in [2.05, 4.69) is 209 Å². The molecule has 290 valence electrons. The van der Waals surface area contributed by atoms with E-state index in [9.17, 15) is 0 Å². The summed E-state index contributed by atoms with van der Waals surface area (Å²) in [5, 5.41) is 8.97. The van der Waals surface area contributed by atoms with Crippen molar-refractivity contribution in [3.8, 4) is 0 Å². The molecule has 2 aromatic heterocycles. The van der Waals surface area contributed by atoms with E-state index in [0.717, 1.165) is 111 Å². The van der Waals surface area contributed by atoms with Gasteiger partial charge in [0.2, 0.25) is 0 Å².